The Morgan fingerprint density at radius 2 is 1.68 bits per heavy atom. The zero-order valence-electron chi connectivity index (χ0n) is 14.8. The fourth-order valence-electron chi connectivity index (χ4n) is 3.67. The van der Waals surface area contributed by atoms with Crippen LogP contribution >= 0.6 is 31.9 Å². The number of fused-ring (bicyclic) bond motifs is 1. The topological polar surface area (TPSA) is 27.7 Å². The summed E-state index contributed by atoms with van der Waals surface area (Å²) in [5.74, 6) is 0. The minimum Gasteiger partial charge on any atom is -0.377 e. The molecule has 1 aromatic rings. The fourth-order valence-corrected chi connectivity index (χ4v) is 4.67. The Bertz CT molecular complexity index is 499. The monoisotopic (exact) mass is 474 g/mol. The average Bonchev–Trinajstić information content (AvgIpc) is 3.20. The number of rotatable bonds is 9. The van der Waals surface area contributed by atoms with Gasteiger partial charge in [0.05, 0.1) is 31.0 Å². The molecule has 2 saturated heterocycles. The first-order chi connectivity index (χ1) is 12.2. The Balaban J connectivity index is 1.31. The van der Waals surface area contributed by atoms with E-state index in [4.69, 9.17) is 14.2 Å². The molecule has 2 fully saturated rings. The van der Waals surface area contributed by atoms with Gasteiger partial charge in [-0.05, 0) is 24.8 Å². The van der Waals surface area contributed by atoms with Crippen molar-refractivity contribution >= 4 is 31.9 Å². The molecule has 0 amide bonds. The van der Waals surface area contributed by atoms with Crippen LogP contribution in [0.4, 0.5) is 0 Å². The lowest BCUT2D eigenvalue weighted by Crippen LogP contribution is -2.26. The molecule has 2 aliphatic heterocycles. The van der Waals surface area contributed by atoms with E-state index in [0.29, 0.717) is 22.4 Å². The third kappa shape index (κ3) is 5.52. The molecular formula is C20H28Br2O3. The summed E-state index contributed by atoms with van der Waals surface area (Å²) < 4.78 is 18.2. The van der Waals surface area contributed by atoms with Gasteiger partial charge >= 0.3 is 0 Å². The first kappa shape index (κ1) is 19.8. The molecule has 6 atom stereocenters. The van der Waals surface area contributed by atoms with E-state index < -0.39 is 0 Å². The van der Waals surface area contributed by atoms with Gasteiger partial charge in [-0.25, -0.2) is 0 Å². The molecule has 1 aromatic carbocycles. The predicted molar refractivity (Wildman–Crippen MR) is 108 cm³/mol. The third-order valence-electron chi connectivity index (χ3n) is 5.12. The van der Waals surface area contributed by atoms with E-state index in [1.54, 1.807) is 0 Å². The van der Waals surface area contributed by atoms with Gasteiger partial charge in [0.1, 0.15) is 0 Å². The van der Waals surface area contributed by atoms with E-state index in [-0.39, 0.29) is 18.3 Å². The summed E-state index contributed by atoms with van der Waals surface area (Å²) in [5, 5.41) is 0. The van der Waals surface area contributed by atoms with Crippen LogP contribution in [0.2, 0.25) is 0 Å². The Kier molecular flexibility index (Phi) is 7.80. The summed E-state index contributed by atoms with van der Waals surface area (Å²) in [6.45, 7) is 3.67. The molecule has 0 aliphatic carbocycles. The van der Waals surface area contributed by atoms with Crippen LogP contribution in [0.25, 0.3) is 0 Å². The first-order valence-electron chi connectivity index (χ1n) is 9.38. The van der Waals surface area contributed by atoms with Crippen LogP contribution < -0.4 is 0 Å². The van der Waals surface area contributed by atoms with Crippen LogP contribution in [0.5, 0.6) is 0 Å². The second kappa shape index (κ2) is 9.84. The molecule has 25 heavy (non-hydrogen) atoms. The lowest BCUT2D eigenvalue weighted by atomic mass is 10.1. The van der Waals surface area contributed by atoms with Crippen LogP contribution in [0, 0.1) is 0 Å². The number of alkyl halides is 2. The van der Waals surface area contributed by atoms with Crippen molar-refractivity contribution in [1.29, 1.82) is 0 Å². The summed E-state index contributed by atoms with van der Waals surface area (Å²) in [6.07, 6.45) is 6.35. The SMILES string of the molecule is CC[C@@H](Br)[C@@H]1C[C@@H]2O[C@@H]([C@@H](Br)CCCOCc3ccccc3)C[C@H]2O1. The summed E-state index contributed by atoms with van der Waals surface area (Å²) >= 11 is 7.54. The molecule has 0 saturated carbocycles. The smallest absolute Gasteiger partial charge is 0.0867 e. The van der Waals surface area contributed by atoms with E-state index >= 15 is 0 Å². The summed E-state index contributed by atoms with van der Waals surface area (Å²) in [7, 11) is 0. The Hall–Kier alpha value is 0.0600. The highest BCUT2D eigenvalue weighted by Gasteiger charge is 2.46. The van der Waals surface area contributed by atoms with Gasteiger partial charge in [0.15, 0.2) is 0 Å². The maximum absolute atomic E-state index is 6.26. The molecule has 0 N–H and O–H groups in total. The van der Waals surface area contributed by atoms with Crippen LogP contribution in [-0.4, -0.2) is 40.7 Å². The quantitative estimate of drug-likeness (QED) is 0.361. The van der Waals surface area contributed by atoms with Gasteiger partial charge < -0.3 is 14.2 Å². The van der Waals surface area contributed by atoms with Crippen LogP contribution in [-0.2, 0) is 20.8 Å². The van der Waals surface area contributed by atoms with Gasteiger partial charge in [0.25, 0.3) is 0 Å². The van der Waals surface area contributed by atoms with Crippen LogP contribution in [0.3, 0.4) is 0 Å². The van der Waals surface area contributed by atoms with Gasteiger partial charge in [0.2, 0.25) is 0 Å². The molecule has 3 rings (SSSR count). The standard InChI is InChI=1S/C20H28Br2O3/c1-2-15(21)17-11-19-20(24-17)12-18(25-19)16(22)9-6-10-23-13-14-7-4-3-5-8-14/h3-5,7-8,15-20H,2,6,9-13H2,1H3/t15-,16+,17+,18-,19+,20-/m1/s1. The summed E-state index contributed by atoms with van der Waals surface area (Å²) in [6, 6.07) is 10.3. The van der Waals surface area contributed by atoms with Crippen molar-refractivity contribution in [2.45, 2.75) is 79.7 Å². The number of ether oxygens (including phenoxy) is 3. The van der Waals surface area contributed by atoms with Gasteiger partial charge in [-0.3, -0.25) is 0 Å². The highest BCUT2D eigenvalue weighted by atomic mass is 79.9. The van der Waals surface area contributed by atoms with Crippen molar-refractivity contribution in [2.75, 3.05) is 6.61 Å². The van der Waals surface area contributed by atoms with Crippen molar-refractivity contribution in [3.8, 4) is 0 Å². The van der Waals surface area contributed by atoms with E-state index in [2.05, 4.69) is 50.9 Å². The third-order valence-corrected chi connectivity index (χ3v) is 7.40. The minimum atomic E-state index is 0.264. The molecule has 3 nitrogen and oxygen atoms in total. The molecule has 2 heterocycles. The summed E-state index contributed by atoms with van der Waals surface area (Å²) in [4.78, 5) is 0.827. The Labute approximate surface area is 168 Å². The molecule has 2 aliphatic rings. The van der Waals surface area contributed by atoms with E-state index in [9.17, 15) is 0 Å². The van der Waals surface area contributed by atoms with Gasteiger partial charge in [-0.2, -0.15) is 0 Å². The molecule has 0 aromatic heterocycles. The van der Waals surface area contributed by atoms with Gasteiger partial charge in [-0.1, -0.05) is 69.1 Å². The molecular weight excluding hydrogens is 448 g/mol. The van der Waals surface area contributed by atoms with E-state index in [1.807, 2.05) is 18.2 Å². The van der Waals surface area contributed by atoms with Gasteiger partial charge in [0, 0.05) is 29.1 Å². The average molecular weight is 476 g/mol. The maximum Gasteiger partial charge on any atom is 0.0867 e. The number of hydrogen-bond acceptors (Lipinski definition) is 3. The van der Waals surface area contributed by atoms with Crippen molar-refractivity contribution < 1.29 is 14.2 Å². The lowest BCUT2D eigenvalue weighted by molar-refractivity contribution is 0.0325. The second-order valence-electron chi connectivity index (χ2n) is 7.02. The zero-order valence-corrected chi connectivity index (χ0v) is 18.0. The van der Waals surface area contributed by atoms with Crippen molar-refractivity contribution in [1.82, 2.24) is 0 Å². The van der Waals surface area contributed by atoms with Crippen molar-refractivity contribution in [2.24, 2.45) is 0 Å². The van der Waals surface area contributed by atoms with Gasteiger partial charge in [-0.15, -0.1) is 0 Å². The normalized spacial score (nSPS) is 31.0. The largest absolute Gasteiger partial charge is 0.377 e. The Morgan fingerprint density at radius 1 is 1.04 bits per heavy atom. The molecule has 0 unspecified atom stereocenters. The van der Waals surface area contributed by atoms with E-state index in [0.717, 1.165) is 38.7 Å². The minimum absolute atomic E-state index is 0.264. The van der Waals surface area contributed by atoms with Crippen LogP contribution in [0.15, 0.2) is 30.3 Å². The molecule has 0 radical (unpaired) electrons. The number of benzene rings is 1. The highest BCUT2D eigenvalue weighted by molar-refractivity contribution is 9.09. The second-order valence-corrected chi connectivity index (χ2v) is 9.37. The first-order valence-corrected chi connectivity index (χ1v) is 11.2. The number of hydrogen-bond donors (Lipinski definition) is 0. The summed E-state index contributed by atoms with van der Waals surface area (Å²) in [5.41, 5.74) is 1.23. The maximum atomic E-state index is 6.26. The fraction of sp³-hybridized carbons (Fsp3) is 0.700. The molecule has 140 valence electrons. The predicted octanol–water partition coefficient (Wildman–Crippen LogP) is 5.24. The lowest BCUT2D eigenvalue weighted by Gasteiger charge is -2.21. The molecule has 0 spiro atoms. The van der Waals surface area contributed by atoms with Crippen molar-refractivity contribution in [3.63, 3.8) is 0 Å². The van der Waals surface area contributed by atoms with E-state index in [1.165, 1.54) is 5.56 Å². The highest BCUT2D eigenvalue weighted by Crippen LogP contribution is 2.39. The molecule has 5 heteroatoms. The van der Waals surface area contributed by atoms with Crippen LogP contribution in [0.1, 0.15) is 44.6 Å². The zero-order chi connectivity index (χ0) is 17.6. The van der Waals surface area contributed by atoms with Crippen molar-refractivity contribution in [3.05, 3.63) is 35.9 Å². The molecule has 0 bridgehead atoms. The number of halogens is 2. The Morgan fingerprint density at radius 3 is 2.32 bits per heavy atom.